The summed E-state index contributed by atoms with van der Waals surface area (Å²) in [6.07, 6.45) is 8.50. The maximum atomic E-state index is 13.5. The number of anilines is 1. The van der Waals surface area contributed by atoms with Crippen LogP contribution in [0.3, 0.4) is 0 Å². The van der Waals surface area contributed by atoms with E-state index in [4.69, 9.17) is 5.14 Å². The van der Waals surface area contributed by atoms with Crippen LogP contribution in [0.4, 0.5) is 11.4 Å². The van der Waals surface area contributed by atoms with Crippen LogP contribution in [-0.4, -0.2) is 154 Å². The molecule has 0 saturated carbocycles. The monoisotopic (exact) mass is 1380 g/mol. The minimum atomic E-state index is -5.19. The molecular formula is C53H57N8O22S7+. The molecule has 0 radical (unpaired) electrons. The van der Waals surface area contributed by atoms with Crippen molar-refractivity contribution >= 4 is 127 Å². The third-order valence-corrected chi connectivity index (χ3v) is 20.7. The van der Waals surface area contributed by atoms with Gasteiger partial charge in [0.05, 0.1) is 56.9 Å². The van der Waals surface area contributed by atoms with Crippen molar-refractivity contribution in [3.05, 3.63) is 137 Å². The first-order valence-corrected chi connectivity index (χ1v) is 36.8. The molecule has 0 saturated heterocycles. The topological polar surface area (TPSA) is 489 Å². The van der Waals surface area contributed by atoms with Crippen LogP contribution < -0.4 is 20.7 Å². The lowest BCUT2D eigenvalue weighted by Gasteiger charge is -2.27. The normalized spacial score (nSPS) is 16.1. The molecule has 482 valence electrons. The van der Waals surface area contributed by atoms with Gasteiger partial charge in [-0.1, -0.05) is 26.0 Å². The first-order valence-electron chi connectivity index (χ1n) is 26.3. The Morgan fingerprint density at radius 3 is 1.70 bits per heavy atom. The Labute approximate surface area is 516 Å². The molecule has 2 aromatic heterocycles. The number of allylic oxidation sites excluding steroid dienone is 6. The summed E-state index contributed by atoms with van der Waals surface area (Å²) in [7, 11) is -33.9. The molecule has 0 atom stereocenters. The van der Waals surface area contributed by atoms with Crippen LogP contribution in [0.2, 0.25) is 0 Å². The molecule has 2 aliphatic heterocycles. The third kappa shape index (κ3) is 15.2. The number of sulfonamides is 1. The van der Waals surface area contributed by atoms with E-state index in [1.165, 1.54) is 54.7 Å². The standard InChI is InChI=1S/C53H56N8O22S7/c1-52(2)45(60(19-5-21-84(64,65)66)41-13-10-36-38(49(41)52)23-33(87(72,73)74)25-43(36)89(78,79)80)15-8-31(40-12-7-32(27-56-40)51(63)55-18-17-48(62)59-30-47-57-28-35(29-58-47)86(54,70)71)9-16-46-53(3,4)50-39-24-34(88(75,76)77)26-44(90(81,82)83)37(39)11-14-42(50)61(46)20-6-22-85(67,68)69/h7-16,23-29H,5-6,17-22,30H2,1-4H3,(H9-,54,55,59,62,63,64,65,66,67,68,69,70,71,72,73,74,75,76,77,78,79,80,81,82,83)/p+1. The number of benzene rings is 4. The van der Waals surface area contributed by atoms with Gasteiger partial charge >= 0.3 is 0 Å². The molecule has 0 aliphatic carbocycles. The first-order chi connectivity index (χ1) is 41.4. The fourth-order valence-electron chi connectivity index (χ4n) is 10.8. The van der Waals surface area contributed by atoms with E-state index >= 15 is 0 Å². The van der Waals surface area contributed by atoms with E-state index < -0.39 is 124 Å². The van der Waals surface area contributed by atoms with E-state index in [2.05, 4.69) is 25.6 Å². The number of primary sulfonamides is 1. The van der Waals surface area contributed by atoms with Crippen LogP contribution in [0, 0.1) is 0 Å². The van der Waals surface area contributed by atoms with Crippen molar-refractivity contribution in [3.63, 3.8) is 0 Å². The number of hydrogen-bond acceptors (Lipinski definition) is 20. The van der Waals surface area contributed by atoms with Crippen molar-refractivity contribution in [2.45, 2.75) is 88.8 Å². The average molecular weight is 1380 g/mol. The molecule has 0 bridgehead atoms. The maximum Gasteiger partial charge on any atom is 0.295 e. The summed E-state index contributed by atoms with van der Waals surface area (Å²) in [6.45, 7) is 5.81. The fourth-order valence-corrected chi connectivity index (χ4v) is 14.9. The maximum absolute atomic E-state index is 13.5. The van der Waals surface area contributed by atoms with Gasteiger partial charge in [0.25, 0.3) is 66.6 Å². The lowest BCUT2D eigenvalue weighted by Crippen LogP contribution is -2.31. The van der Waals surface area contributed by atoms with Gasteiger partial charge in [0.15, 0.2) is 5.71 Å². The highest BCUT2D eigenvalue weighted by molar-refractivity contribution is 7.89. The molecule has 2 aliphatic rings. The summed E-state index contributed by atoms with van der Waals surface area (Å²) in [5.41, 5.74) is -0.889. The lowest BCUT2D eigenvalue weighted by atomic mass is 9.79. The summed E-state index contributed by atoms with van der Waals surface area (Å²) in [5.74, 6) is -2.68. The number of nitrogens with one attached hydrogen (secondary N) is 2. The van der Waals surface area contributed by atoms with E-state index in [0.29, 0.717) is 23.5 Å². The number of carbonyl (C=O) groups is 2. The highest BCUT2D eigenvalue weighted by Gasteiger charge is 2.47. The number of aromatic nitrogens is 3. The van der Waals surface area contributed by atoms with Crippen molar-refractivity contribution in [2.24, 2.45) is 5.14 Å². The van der Waals surface area contributed by atoms with Crippen molar-refractivity contribution in [2.75, 3.05) is 36.0 Å². The van der Waals surface area contributed by atoms with Gasteiger partial charge in [-0.15, -0.1) is 0 Å². The van der Waals surface area contributed by atoms with Crippen LogP contribution >= 0.6 is 0 Å². The molecule has 0 unspecified atom stereocenters. The van der Waals surface area contributed by atoms with Gasteiger partial charge in [-0.2, -0.15) is 55.1 Å². The molecule has 2 amide bonds. The number of nitrogens with two attached hydrogens (primary N) is 1. The second kappa shape index (κ2) is 24.7. The Kier molecular flexibility index (Phi) is 18.8. The number of hydrogen-bond donors (Lipinski definition) is 9. The van der Waals surface area contributed by atoms with E-state index in [9.17, 15) is 95.8 Å². The van der Waals surface area contributed by atoms with Crippen molar-refractivity contribution < 1.29 is 100 Å². The molecule has 6 aromatic rings. The molecule has 0 fully saturated rings. The Morgan fingerprint density at radius 1 is 0.622 bits per heavy atom. The van der Waals surface area contributed by atoms with Crippen molar-refractivity contribution in [3.8, 4) is 0 Å². The molecule has 0 spiro atoms. The van der Waals surface area contributed by atoms with Gasteiger partial charge in [-0.3, -0.25) is 41.9 Å². The third-order valence-electron chi connectivity index (χ3n) is 14.8. The molecule has 30 nitrogen and oxygen atoms in total. The predicted molar refractivity (Wildman–Crippen MR) is 324 cm³/mol. The Morgan fingerprint density at radius 2 is 1.18 bits per heavy atom. The molecule has 4 heterocycles. The smallest absolute Gasteiger partial charge is 0.295 e. The van der Waals surface area contributed by atoms with Crippen LogP contribution in [0.1, 0.15) is 80.0 Å². The van der Waals surface area contributed by atoms with Crippen LogP contribution in [-0.2, 0) is 92.9 Å². The zero-order valence-electron chi connectivity index (χ0n) is 47.6. The zero-order chi connectivity index (χ0) is 66.7. The number of fused-ring (bicyclic) bond motifs is 6. The summed E-state index contributed by atoms with van der Waals surface area (Å²) < 4.78 is 235. The van der Waals surface area contributed by atoms with Gasteiger partial charge < -0.3 is 15.5 Å². The molecule has 90 heavy (non-hydrogen) atoms. The van der Waals surface area contributed by atoms with E-state index in [1.807, 2.05) is 0 Å². The van der Waals surface area contributed by atoms with E-state index in [1.54, 1.807) is 49.3 Å². The van der Waals surface area contributed by atoms with E-state index in [-0.39, 0.29) is 117 Å². The Hall–Kier alpha value is -7.37. The predicted octanol–water partition coefficient (Wildman–Crippen LogP) is 3.50. The summed E-state index contributed by atoms with van der Waals surface area (Å²) in [5, 5.41) is 9.68. The second-order valence-corrected chi connectivity index (χ2v) is 32.0. The average Bonchev–Trinajstić information content (AvgIpc) is 1.52. The minimum Gasteiger partial charge on any atom is -0.351 e. The number of rotatable bonds is 23. The lowest BCUT2D eigenvalue weighted by molar-refractivity contribution is -0.437. The van der Waals surface area contributed by atoms with Gasteiger partial charge in [0, 0.05) is 83.0 Å². The fraction of sp³-hybridized carbons (Fsp3) is 0.283. The zero-order valence-corrected chi connectivity index (χ0v) is 53.3. The number of nitrogens with zero attached hydrogens (tertiary/aromatic N) is 5. The van der Waals surface area contributed by atoms with Gasteiger partial charge in [-0.25, -0.2) is 23.5 Å². The Bertz CT molecular complexity index is 4980. The summed E-state index contributed by atoms with van der Waals surface area (Å²) in [4.78, 5) is 36.1. The molecule has 10 N–H and O–H groups in total. The highest BCUT2D eigenvalue weighted by Crippen LogP contribution is 2.52. The highest BCUT2D eigenvalue weighted by atomic mass is 32.2. The van der Waals surface area contributed by atoms with Gasteiger partial charge in [0.1, 0.15) is 27.1 Å². The van der Waals surface area contributed by atoms with Crippen LogP contribution in [0.5, 0.6) is 0 Å². The first kappa shape index (κ1) is 68.5. The molecule has 37 heteroatoms. The Balaban J connectivity index is 1.27. The second-order valence-electron chi connectivity index (χ2n) is 21.7. The summed E-state index contributed by atoms with van der Waals surface area (Å²) in [6, 6.07) is 11.3. The van der Waals surface area contributed by atoms with Crippen molar-refractivity contribution in [1.29, 1.82) is 0 Å². The molecule has 4 aromatic carbocycles. The summed E-state index contributed by atoms with van der Waals surface area (Å²) >= 11 is 0. The van der Waals surface area contributed by atoms with Crippen molar-refractivity contribution in [1.82, 2.24) is 25.6 Å². The molecular weight excluding hydrogens is 1330 g/mol. The van der Waals surface area contributed by atoms with Gasteiger partial charge in [-0.05, 0) is 97.3 Å². The quantitative estimate of drug-likeness (QED) is 0.0252. The van der Waals surface area contributed by atoms with Crippen LogP contribution in [0.25, 0.3) is 27.1 Å². The number of carbonyl (C=O) groups excluding carboxylic acids is 2. The number of amides is 2. The van der Waals surface area contributed by atoms with Gasteiger partial charge in [0.2, 0.25) is 21.6 Å². The largest absolute Gasteiger partial charge is 0.351 e. The molecule has 8 rings (SSSR count). The minimum absolute atomic E-state index is 0.0193. The number of pyridine rings is 1. The SMILES string of the molecule is CC1(C)C(=CC=C(C=CC2=[N+](CCCS(=O)(=O)O)c3ccc4c(S(=O)(=O)O)cc(S(=O)(=O)O)cc4c3C2(C)C)c2ccc(C(=O)NCCC(=O)NCc3ncc(S(N)(=O)=O)cn3)cn2)N(CCCS(=O)(=O)O)c2ccc3c(S(=O)(=O)O)cc(S(=O)(=O)O)cc3c21. The van der Waals surface area contributed by atoms with Crippen LogP contribution in [0.15, 0.2) is 134 Å². The van der Waals surface area contributed by atoms with E-state index in [0.717, 1.165) is 24.5 Å².